The Morgan fingerprint density at radius 1 is 1.36 bits per heavy atom. The molecule has 0 unspecified atom stereocenters. The first-order valence-corrected chi connectivity index (χ1v) is 4.45. The molecule has 0 atom stereocenters. The first kappa shape index (κ1) is 9.09. The zero-order chi connectivity index (χ0) is 10.1. The van der Waals surface area contributed by atoms with Crippen molar-refractivity contribution in [2.24, 2.45) is 0 Å². The van der Waals surface area contributed by atoms with Crippen LogP contribution in [0, 0.1) is 0 Å². The zero-order valence-corrected chi connectivity index (χ0v) is 8.26. The van der Waals surface area contributed by atoms with Crippen LogP contribution in [0.2, 0.25) is 5.02 Å². The molecule has 1 heterocycles. The highest BCUT2D eigenvalue weighted by Crippen LogP contribution is 2.28. The van der Waals surface area contributed by atoms with Crippen LogP contribution in [0.5, 0.6) is 5.75 Å². The predicted molar refractivity (Wildman–Crippen MR) is 56.1 cm³/mol. The molecule has 0 spiro atoms. The number of methoxy groups -OCH3 is 1. The van der Waals surface area contributed by atoms with Crippen molar-refractivity contribution in [3.63, 3.8) is 0 Å². The van der Waals surface area contributed by atoms with Crippen molar-refractivity contribution in [2.45, 2.75) is 0 Å². The average molecular weight is 210 g/mol. The van der Waals surface area contributed by atoms with Gasteiger partial charge in [-0.15, -0.1) is 0 Å². The third-order valence-electron chi connectivity index (χ3n) is 2.07. The van der Waals surface area contributed by atoms with Crippen LogP contribution < -0.4 is 10.3 Å². The van der Waals surface area contributed by atoms with Crippen molar-refractivity contribution in [3.8, 4) is 5.75 Å². The average Bonchev–Trinajstić information content (AvgIpc) is 2.18. The highest BCUT2D eigenvalue weighted by molar-refractivity contribution is 6.35. The van der Waals surface area contributed by atoms with E-state index in [1.807, 2.05) is 0 Å². The number of benzene rings is 1. The van der Waals surface area contributed by atoms with Crippen molar-refractivity contribution in [1.82, 2.24) is 4.98 Å². The maximum Gasteiger partial charge on any atom is 0.257 e. The van der Waals surface area contributed by atoms with E-state index in [1.54, 1.807) is 31.5 Å². The lowest BCUT2D eigenvalue weighted by atomic mass is 10.1. The Labute approximate surface area is 85.3 Å². The Balaban J connectivity index is 2.99. The monoisotopic (exact) mass is 209 g/mol. The molecule has 0 saturated heterocycles. The molecule has 0 aliphatic rings. The largest absolute Gasteiger partial charge is 0.496 e. The van der Waals surface area contributed by atoms with Crippen LogP contribution in [0.25, 0.3) is 10.8 Å². The van der Waals surface area contributed by atoms with Gasteiger partial charge in [0.2, 0.25) is 0 Å². The van der Waals surface area contributed by atoms with E-state index < -0.39 is 0 Å². The Kier molecular flexibility index (Phi) is 2.17. The molecule has 14 heavy (non-hydrogen) atoms. The highest BCUT2D eigenvalue weighted by atomic mass is 35.5. The van der Waals surface area contributed by atoms with E-state index in [2.05, 4.69) is 4.98 Å². The number of ether oxygens (including phenoxy) is 1. The smallest absolute Gasteiger partial charge is 0.257 e. The summed E-state index contributed by atoms with van der Waals surface area (Å²) in [5.41, 5.74) is -0.202. The molecule has 2 rings (SSSR count). The number of pyridine rings is 1. The molecule has 0 bridgehead atoms. The fourth-order valence-corrected chi connectivity index (χ4v) is 1.67. The molecule has 0 fully saturated rings. The van der Waals surface area contributed by atoms with Crippen LogP contribution in [0.1, 0.15) is 0 Å². The second-order valence-electron chi connectivity index (χ2n) is 2.85. The summed E-state index contributed by atoms with van der Waals surface area (Å²) in [6, 6.07) is 5.16. The van der Waals surface area contributed by atoms with Gasteiger partial charge in [-0.3, -0.25) is 4.79 Å². The molecule has 1 aromatic carbocycles. The summed E-state index contributed by atoms with van der Waals surface area (Å²) in [5.74, 6) is 0.649. The van der Waals surface area contributed by atoms with E-state index in [4.69, 9.17) is 16.3 Å². The second kappa shape index (κ2) is 3.35. The van der Waals surface area contributed by atoms with E-state index in [0.29, 0.717) is 16.2 Å². The van der Waals surface area contributed by atoms with Crippen molar-refractivity contribution in [3.05, 3.63) is 39.8 Å². The van der Waals surface area contributed by atoms with Crippen LogP contribution in [0.4, 0.5) is 0 Å². The molecule has 1 aromatic heterocycles. The molecular weight excluding hydrogens is 202 g/mol. The van der Waals surface area contributed by atoms with E-state index in [-0.39, 0.29) is 5.56 Å². The molecule has 0 amide bonds. The van der Waals surface area contributed by atoms with Gasteiger partial charge in [-0.05, 0) is 18.2 Å². The van der Waals surface area contributed by atoms with Crippen LogP contribution in [0.3, 0.4) is 0 Å². The zero-order valence-electron chi connectivity index (χ0n) is 7.50. The minimum absolute atomic E-state index is 0.202. The topological polar surface area (TPSA) is 42.1 Å². The van der Waals surface area contributed by atoms with Crippen LogP contribution in [0.15, 0.2) is 29.2 Å². The number of rotatable bonds is 1. The summed E-state index contributed by atoms with van der Waals surface area (Å²) < 4.78 is 5.13. The minimum Gasteiger partial charge on any atom is -0.496 e. The second-order valence-corrected chi connectivity index (χ2v) is 3.25. The van der Waals surface area contributed by atoms with Gasteiger partial charge in [-0.1, -0.05) is 11.6 Å². The van der Waals surface area contributed by atoms with Gasteiger partial charge >= 0.3 is 0 Å². The number of fused-ring (bicyclic) bond motifs is 1. The van der Waals surface area contributed by atoms with E-state index >= 15 is 0 Å². The number of hydrogen-bond donors (Lipinski definition) is 1. The lowest BCUT2D eigenvalue weighted by Gasteiger charge is -2.05. The Morgan fingerprint density at radius 3 is 2.86 bits per heavy atom. The van der Waals surface area contributed by atoms with Crippen molar-refractivity contribution in [2.75, 3.05) is 7.11 Å². The molecule has 4 heteroatoms. The number of aromatic amines is 1. The maximum atomic E-state index is 11.5. The van der Waals surface area contributed by atoms with Gasteiger partial charge in [-0.25, -0.2) is 0 Å². The Hall–Kier alpha value is -1.48. The molecule has 0 aliphatic carbocycles. The van der Waals surface area contributed by atoms with Crippen molar-refractivity contribution in [1.29, 1.82) is 0 Å². The molecule has 2 aromatic rings. The van der Waals surface area contributed by atoms with Gasteiger partial charge < -0.3 is 9.72 Å². The fraction of sp³-hybridized carbons (Fsp3) is 0.100. The van der Waals surface area contributed by atoms with Crippen LogP contribution in [-0.4, -0.2) is 12.1 Å². The van der Waals surface area contributed by atoms with Gasteiger partial charge in [0.25, 0.3) is 5.56 Å². The van der Waals surface area contributed by atoms with E-state index in [1.165, 1.54) is 0 Å². The van der Waals surface area contributed by atoms with Crippen molar-refractivity contribution >= 4 is 22.4 Å². The van der Waals surface area contributed by atoms with Gasteiger partial charge in [0.1, 0.15) is 5.75 Å². The Morgan fingerprint density at radius 2 is 2.14 bits per heavy atom. The number of aromatic nitrogens is 1. The third kappa shape index (κ3) is 1.26. The normalized spacial score (nSPS) is 10.4. The summed E-state index contributed by atoms with van der Waals surface area (Å²) >= 11 is 5.92. The summed E-state index contributed by atoms with van der Waals surface area (Å²) in [7, 11) is 1.56. The predicted octanol–water partition coefficient (Wildman–Crippen LogP) is 2.19. The first-order valence-electron chi connectivity index (χ1n) is 4.08. The summed E-state index contributed by atoms with van der Waals surface area (Å²) in [6.45, 7) is 0. The fourth-order valence-electron chi connectivity index (χ4n) is 1.42. The number of nitrogens with one attached hydrogen (secondary N) is 1. The lowest BCUT2D eigenvalue weighted by Crippen LogP contribution is -2.05. The minimum atomic E-state index is -0.202. The highest BCUT2D eigenvalue weighted by Gasteiger charge is 2.07. The summed E-state index contributed by atoms with van der Waals surface area (Å²) in [5, 5.41) is 1.62. The molecule has 72 valence electrons. The third-order valence-corrected chi connectivity index (χ3v) is 2.38. The van der Waals surface area contributed by atoms with Gasteiger partial charge in [0.05, 0.1) is 17.5 Å². The number of hydrogen-bond acceptors (Lipinski definition) is 2. The van der Waals surface area contributed by atoms with Crippen LogP contribution >= 0.6 is 11.6 Å². The number of H-pyrrole nitrogens is 1. The molecular formula is C10H8ClNO2. The van der Waals surface area contributed by atoms with E-state index in [9.17, 15) is 4.79 Å². The first-order chi connectivity index (χ1) is 6.74. The van der Waals surface area contributed by atoms with Gasteiger partial charge in [0, 0.05) is 11.6 Å². The molecule has 0 radical (unpaired) electrons. The lowest BCUT2D eigenvalue weighted by molar-refractivity contribution is 0.420. The van der Waals surface area contributed by atoms with Crippen molar-refractivity contribution < 1.29 is 4.74 Å². The SMILES string of the molecule is COc1ccc(Cl)c2c(=O)[nH]ccc12. The number of halogens is 1. The molecule has 3 nitrogen and oxygen atoms in total. The van der Waals surface area contributed by atoms with Crippen LogP contribution in [-0.2, 0) is 0 Å². The standard InChI is InChI=1S/C10H8ClNO2/c1-14-8-3-2-7(11)9-6(8)4-5-12-10(9)13/h2-5H,1H3,(H,12,13). The molecule has 0 saturated carbocycles. The van der Waals surface area contributed by atoms with Gasteiger partial charge in [-0.2, -0.15) is 0 Å². The molecule has 0 aliphatic heterocycles. The Bertz CT molecular complexity index is 533. The molecule has 1 N–H and O–H groups in total. The maximum absolute atomic E-state index is 11.5. The summed E-state index contributed by atoms with van der Waals surface area (Å²) in [6.07, 6.45) is 1.57. The quantitative estimate of drug-likeness (QED) is 0.782. The summed E-state index contributed by atoms with van der Waals surface area (Å²) in [4.78, 5) is 14.0. The van der Waals surface area contributed by atoms with Gasteiger partial charge in [0.15, 0.2) is 0 Å². The van der Waals surface area contributed by atoms with E-state index in [0.717, 1.165) is 5.39 Å².